The third-order valence-corrected chi connectivity index (χ3v) is 5.17. The number of carbonyl (C=O) groups excluding carboxylic acids is 1. The number of aryl methyl sites for hydroxylation is 2. The van der Waals surface area contributed by atoms with Crippen molar-refractivity contribution in [1.29, 1.82) is 0 Å². The first-order valence-corrected chi connectivity index (χ1v) is 7.96. The Kier molecular flexibility index (Phi) is 3.73. The van der Waals surface area contributed by atoms with Gasteiger partial charge in [0.05, 0.1) is 15.6 Å². The molecule has 2 aromatic heterocycles. The normalized spacial score (nSPS) is 11.0. The molecule has 0 aliphatic carbocycles. The second kappa shape index (κ2) is 5.54. The number of benzene rings is 1. The predicted octanol–water partition coefficient (Wildman–Crippen LogP) is 4.47. The summed E-state index contributed by atoms with van der Waals surface area (Å²) >= 11 is 2.75. The van der Waals surface area contributed by atoms with Crippen LogP contribution in [0.25, 0.3) is 10.1 Å². The molecule has 0 spiro atoms. The summed E-state index contributed by atoms with van der Waals surface area (Å²) in [4.78, 5) is 17.7. The fourth-order valence-electron chi connectivity index (χ4n) is 2.04. The Balaban J connectivity index is 1.78. The van der Waals surface area contributed by atoms with E-state index >= 15 is 0 Å². The van der Waals surface area contributed by atoms with Crippen molar-refractivity contribution in [1.82, 2.24) is 4.98 Å². The van der Waals surface area contributed by atoms with Crippen LogP contribution in [0.15, 0.2) is 24.3 Å². The highest BCUT2D eigenvalue weighted by molar-refractivity contribution is 7.20. The second-order valence-corrected chi connectivity index (χ2v) is 6.95. The summed E-state index contributed by atoms with van der Waals surface area (Å²) in [6, 6.07) is 6.35. The van der Waals surface area contributed by atoms with E-state index in [1.165, 1.54) is 28.7 Å². The first-order chi connectivity index (χ1) is 10.0. The zero-order valence-electron chi connectivity index (χ0n) is 11.5. The largest absolute Gasteiger partial charge is 0.456 e. The third kappa shape index (κ3) is 2.82. The Morgan fingerprint density at radius 1 is 1.33 bits per heavy atom. The number of carbonyl (C=O) groups is 1. The van der Waals surface area contributed by atoms with Gasteiger partial charge in [0.15, 0.2) is 0 Å². The number of hydrogen-bond acceptors (Lipinski definition) is 5. The third-order valence-electron chi connectivity index (χ3n) is 3.04. The van der Waals surface area contributed by atoms with Crippen LogP contribution in [-0.2, 0) is 11.3 Å². The monoisotopic (exact) mass is 321 g/mol. The number of hydrogen-bond donors (Lipinski definition) is 0. The fourth-order valence-corrected chi connectivity index (χ4v) is 3.85. The Labute approximate surface area is 129 Å². The maximum atomic E-state index is 13.6. The van der Waals surface area contributed by atoms with Gasteiger partial charge in [0.2, 0.25) is 0 Å². The van der Waals surface area contributed by atoms with Gasteiger partial charge in [-0.15, -0.1) is 22.7 Å². The maximum absolute atomic E-state index is 13.6. The molecule has 0 aliphatic rings. The van der Waals surface area contributed by atoms with Crippen LogP contribution in [0.3, 0.4) is 0 Å². The van der Waals surface area contributed by atoms with Gasteiger partial charge >= 0.3 is 5.97 Å². The molecule has 0 bridgehead atoms. The van der Waals surface area contributed by atoms with Gasteiger partial charge in [0.25, 0.3) is 0 Å². The minimum atomic E-state index is -0.430. The first-order valence-electron chi connectivity index (χ1n) is 6.32. The summed E-state index contributed by atoms with van der Waals surface area (Å²) in [7, 11) is 0. The summed E-state index contributed by atoms with van der Waals surface area (Å²) in [5, 5.41) is 1.40. The summed E-state index contributed by atoms with van der Waals surface area (Å²) in [6.07, 6.45) is 0. The summed E-state index contributed by atoms with van der Waals surface area (Å²) in [6.45, 7) is 4.01. The predicted molar refractivity (Wildman–Crippen MR) is 82.5 cm³/mol. The molecule has 0 saturated carbocycles. The van der Waals surface area contributed by atoms with Crippen LogP contribution < -0.4 is 0 Å². The van der Waals surface area contributed by atoms with Crippen molar-refractivity contribution in [2.24, 2.45) is 0 Å². The van der Waals surface area contributed by atoms with Crippen molar-refractivity contribution in [2.45, 2.75) is 20.5 Å². The molecule has 3 rings (SSSR count). The highest BCUT2D eigenvalue weighted by atomic mass is 32.1. The molecule has 21 heavy (non-hydrogen) atoms. The van der Waals surface area contributed by atoms with E-state index in [1.807, 2.05) is 13.8 Å². The minimum absolute atomic E-state index is 0.201. The Bertz CT molecular complexity index is 822. The summed E-state index contributed by atoms with van der Waals surface area (Å²) in [5.41, 5.74) is 0.882. The molecule has 3 nitrogen and oxygen atoms in total. The Morgan fingerprint density at radius 2 is 2.14 bits per heavy atom. The van der Waals surface area contributed by atoms with Crippen molar-refractivity contribution in [3.05, 3.63) is 50.5 Å². The molecular weight excluding hydrogens is 309 g/mol. The molecule has 0 unspecified atom stereocenters. The van der Waals surface area contributed by atoms with Crippen molar-refractivity contribution in [3.63, 3.8) is 0 Å². The molecule has 1 aromatic carbocycles. The lowest BCUT2D eigenvalue weighted by molar-refractivity contribution is 0.0482. The lowest BCUT2D eigenvalue weighted by atomic mass is 10.2. The number of thiazole rings is 1. The van der Waals surface area contributed by atoms with E-state index in [1.54, 1.807) is 18.2 Å². The van der Waals surface area contributed by atoms with E-state index in [-0.39, 0.29) is 12.4 Å². The van der Waals surface area contributed by atoms with E-state index in [9.17, 15) is 9.18 Å². The number of nitrogens with zero attached hydrogens (tertiary/aromatic N) is 1. The van der Waals surface area contributed by atoms with Gasteiger partial charge in [-0.2, -0.15) is 0 Å². The molecular formula is C15H12FNO2S2. The van der Waals surface area contributed by atoms with Crippen molar-refractivity contribution < 1.29 is 13.9 Å². The zero-order valence-corrected chi connectivity index (χ0v) is 13.1. The standard InChI is InChI=1S/C15H12FNO2S2/c1-8-14(20-9(2)17-8)7-19-15(18)13-6-10-11(16)4-3-5-12(10)21-13/h3-6H,7H2,1-2H3. The van der Waals surface area contributed by atoms with E-state index in [0.29, 0.717) is 10.3 Å². The number of esters is 1. The second-order valence-electron chi connectivity index (χ2n) is 4.58. The number of rotatable bonds is 3. The Morgan fingerprint density at radius 3 is 2.81 bits per heavy atom. The highest BCUT2D eigenvalue weighted by Crippen LogP contribution is 2.28. The lowest BCUT2D eigenvalue weighted by Gasteiger charge is -2.01. The van der Waals surface area contributed by atoms with Crippen LogP contribution in [0.2, 0.25) is 0 Å². The highest BCUT2D eigenvalue weighted by Gasteiger charge is 2.15. The quantitative estimate of drug-likeness (QED) is 0.668. The van der Waals surface area contributed by atoms with Crippen LogP contribution in [0.4, 0.5) is 4.39 Å². The average Bonchev–Trinajstić information content (AvgIpc) is 3.00. The van der Waals surface area contributed by atoms with Crippen molar-refractivity contribution in [2.75, 3.05) is 0 Å². The summed E-state index contributed by atoms with van der Waals surface area (Å²) in [5.74, 6) is -0.752. The van der Waals surface area contributed by atoms with Gasteiger partial charge in [-0.05, 0) is 32.0 Å². The number of thiophene rings is 1. The number of fused-ring (bicyclic) bond motifs is 1. The maximum Gasteiger partial charge on any atom is 0.348 e. The molecule has 0 amide bonds. The van der Waals surface area contributed by atoms with Gasteiger partial charge in [0, 0.05) is 10.1 Å². The molecule has 3 aromatic rings. The van der Waals surface area contributed by atoms with Gasteiger partial charge < -0.3 is 4.74 Å². The van der Waals surface area contributed by atoms with Gasteiger partial charge in [-0.25, -0.2) is 14.2 Å². The van der Waals surface area contributed by atoms with Crippen LogP contribution in [-0.4, -0.2) is 11.0 Å². The smallest absolute Gasteiger partial charge is 0.348 e. The number of aromatic nitrogens is 1. The number of halogens is 1. The first kappa shape index (κ1) is 14.2. The van der Waals surface area contributed by atoms with Crippen molar-refractivity contribution >= 4 is 38.7 Å². The van der Waals surface area contributed by atoms with Gasteiger partial charge in [-0.1, -0.05) is 6.07 Å². The van der Waals surface area contributed by atoms with E-state index in [0.717, 1.165) is 20.3 Å². The minimum Gasteiger partial charge on any atom is -0.456 e. The fraction of sp³-hybridized carbons (Fsp3) is 0.200. The molecule has 2 heterocycles. The SMILES string of the molecule is Cc1nc(C)c(COC(=O)c2cc3c(F)cccc3s2)s1. The molecule has 0 fully saturated rings. The van der Waals surface area contributed by atoms with Crippen LogP contribution in [0.5, 0.6) is 0 Å². The number of ether oxygens (including phenoxy) is 1. The summed E-state index contributed by atoms with van der Waals surface area (Å²) < 4.78 is 19.7. The topological polar surface area (TPSA) is 39.2 Å². The van der Waals surface area contributed by atoms with Crippen LogP contribution in [0.1, 0.15) is 25.3 Å². The van der Waals surface area contributed by atoms with E-state index in [2.05, 4.69) is 4.98 Å². The van der Waals surface area contributed by atoms with Gasteiger partial charge in [0.1, 0.15) is 17.3 Å². The molecule has 0 saturated heterocycles. The zero-order chi connectivity index (χ0) is 15.0. The molecule has 0 atom stereocenters. The molecule has 108 valence electrons. The molecule has 6 heteroatoms. The van der Waals surface area contributed by atoms with Crippen molar-refractivity contribution in [3.8, 4) is 0 Å². The van der Waals surface area contributed by atoms with Crippen LogP contribution in [0, 0.1) is 19.7 Å². The lowest BCUT2D eigenvalue weighted by Crippen LogP contribution is -2.02. The Hall–Kier alpha value is -1.79. The molecule has 0 aliphatic heterocycles. The average molecular weight is 321 g/mol. The van der Waals surface area contributed by atoms with Gasteiger partial charge in [-0.3, -0.25) is 0 Å². The van der Waals surface area contributed by atoms with Crippen LogP contribution >= 0.6 is 22.7 Å². The molecule has 0 radical (unpaired) electrons. The molecule has 0 N–H and O–H groups in total. The van der Waals surface area contributed by atoms with E-state index < -0.39 is 5.97 Å². The van der Waals surface area contributed by atoms with E-state index in [4.69, 9.17) is 4.74 Å².